The van der Waals surface area contributed by atoms with Gasteiger partial charge in [-0.3, -0.25) is 0 Å². The molecule has 2 fully saturated rings. The highest BCUT2D eigenvalue weighted by Gasteiger charge is 2.40. The molecule has 1 aromatic heterocycles. The van der Waals surface area contributed by atoms with Crippen LogP contribution in [-0.2, 0) is 0 Å². The number of hydrogen-bond acceptors (Lipinski definition) is 3. The Labute approximate surface area is 381 Å². The van der Waals surface area contributed by atoms with Gasteiger partial charge < -0.3 is 19.3 Å². The number of nitrogens with zero attached hydrogens (tertiary/aromatic N) is 4. The summed E-state index contributed by atoms with van der Waals surface area (Å²) in [4.78, 5) is 7.22. The van der Waals surface area contributed by atoms with Gasteiger partial charge in [0.1, 0.15) is 0 Å². The van der Waals surface area contributed by atoms with E-state index >= 15 is 0 Å². The molecule has 314 valence electrons. The van der Waals surface area contributed by atoms with Gasteiger partial charge in [0.25, 0.3) is 0 Å². The molecule has 0 amide bonds. The predicted molar refractivity (Wildman–Crippen MR) is 273 cm³/mol. The maximum atomic E-state index is 2.46. The minimum Gasteiger partial charge on any atom is -0.310 e. The smallest absolute Gasteiger partial charge is 0.0782 e. The first-order chi connectivity index (χ1) is 32.2. The van der Waals surface area contributed by atoms with Crippen molar-refractivity contribution in [2.24, 2.45) is 11.8 Å². The summed E-state index contributed by atoms with van der Waals surface area (Å²) in [5.41, 5.74) is 14.8. The molecular weight excluding hydrogens is 789 g/mol. The topological polar surface area (TPSA) is 14.7 Å². The van der Waals surface area contributed by atoms with Crippen molar-refractivity contribution in [1.29, 1.82) is 0 Å². The molecular formula is C61H50N4. The monoisotopic (exact) mass is 838 g/mol. The van der Waals surface area contributed by atoms with Crippen molar-refractivity contribution in [3.63, 3.8) is 0 Å². The number of fused-ring (bicyclic) bond motifs is 5. The fourth-order valence-corrected chi connectivity index (χ4v) is 11.1. The first-order valence-corrected chi connectivity index (χ1v) is 23.2. The first kappa shape index (κ1) is 38.8. The molecule has 4 heteroatoms. The molecule has 1 heterocycles. The van der Waals surface area contributed by atoms with Crippen LogP contribution in [0.3, 0.4) is 0 Å². The van der Waals surface area contributed by atoms with Gasteiger partial charge in [0.15, 0.2) is 0 Å². The van der Waals surface area contributed by atoms with E-state index in [1.807, 2.05) is 0 Å². The molecule has 0 saturated heterocycles. The number of rotatable bonds is 11. The van der Waals surface area contributed by atoms with Crippen LogP contribution in [0.15, 0.2) is 237 Å². The van der Waals surface area contributed by atoms with E-state index in [0.717, 1.165) is 74.2 Å². The second-order valence-electron chi connectivity index (χ2n) is 17.8. The average Bonchev–Trinajstić information content (AvgIpc) is 4.11. The summed E-state index contributed by atoms with van der Waals surface area (Å²) < 4.78 is 2.44. The summed E-state index contributed by atoms with van der Waals surface area (Å²) in [6.45, 7) is 0. The number of aromatic nitrogens is 1. The van der Waals surface area contributed by atoms with Crippen LogP contribution in [0, 0.1) is 11.8 Å². The van der Waals surface area contributed by atoms with E-state index < -0.39 is 0 Å². The standard InChI is InChI=1S/C61H50N4/c1-5-18-47(19-6-1)62(48-20-7-2-8-21-48)52-26-15-28-54(42-52)64(60-33-17-31-57-56-30-13-14-32-59(56)65(61(57)60)50-24-11-4-12-25-50)55-29-16-27-53(43-55)63(49-22-9-3-10-23-49)51-38-36-45(37-39-51)58-41-44-34-35-46(58)40-44/h1-33,36-39,42-44,46,58H,34-35,40-41H2. The Hall–Kier alpha value is -7.82. The van der Waals surface area contributed by atoms with Gasteiger partial charge in [0.05, 0.1) is 16.7 Å². The molecule has 3 unspecified atom stereocenters. The Balaban J connectivity index is 1.06. The summed E-state index contributed by atoms with van der Waals surface area (Å²) in [7, 11) is 0. The SMILES string of the molecule is c1ccc(N(c2ccccc2)c2cccc(N(c3cccc(N(c4ccccc4)c4ccc(C5CC6CCC5C6)cc4)c3)c3cccc4c5ccccc5n(-c5ccccc5)c34)c2)cc1. The van der Waals surface area contributed by atoms with Crippen LogP contribution in [0.4, 0.5) is 51.2 Å². The first-order valence-electron chi connectivity index (χ1n) is 23.2. The quantitative estimate of drug-likeness (QED) is 0.129. The van der Waals surface area contributed by atoms with E-state index in [1.54, 1.807) is 0 Å². The van der Waals surface area contributed by atoms with E-state index in [1.165, 1.54) is 47.5 Å². The molecule has 12 rings (SSSR count). The molecule has 2 saturated carbocycles. The minimum absolute atomic E-state index is 0.689. The van der Waals surface area contributed by atoms with E-state index in [2.05, 4.69) is 256 Å². The zero-order chi connectivity index (χ0) is 43.1. The van der Waals surface area contributed by atoms with Gasteiger partial charge in [-0.15, -0.1) is 0 Å². The molecule has 2 aliphatic rings. The van der Waals surface area contributed by atoms with Gasteiger partial charge in [0, 0.05) is 62.0 Å². The molecule has 10 aromatic rings. The number of anilines is 9. The summed E-state index contributed by atoms with van der Waals surface area (Å²) in [6.07, 6.45) is 5.55. The summed E-state index contributed by atoms with van der Waals surface area (Å²) in [5, 5.41) is 2.43. The van der Waals surface area contributed by atoms with Crippen LogP contribution in [0.1, 0.15) is 37.2 Å². The highest BCUT2D eigenvalue weighted by Crippen LogP contribution is 2.53. The van der Waals surface area contributed by atoms with Crippen molar-refractivity contribution in [3.05, 3.63) is 242 Å². The molecule has 0 radical (unpaired) electrons. The van der Waals surface area contributed by atoms with E-state index in [0.29, 0.717) is 5.92 Å². The lowest BCUT2D eigenvalue weighted by atomic mass is 9.83. The lowest BCUT2D eigenvalue weighted by Gasteiger charge is -2.31. The normalized spacial score (nSPS) is 16.5. The highest BCUT2D eigenvalue weighted by molar-refractivity contribution is 6.14. The third-order valence-electron chi connectivity index (χ3n) is 14.0. The molecule has 3 atom stereocenters. The Morgan fingerprint density at radius 2 is 0.815 bits per heavy atom. The Morgan fingerprint density at radius 1 is 0.354 bits per heavy atom. The largest absolute Gasteiger partial charge is 0.310 e. The van der Waals surface area contributed by atoms with Crippen molar-refractivity contribution in [2.45, 2.75) is 31.6 Å². The number of para-hydroxylation sites is 6. The highest BCUT2D eigenvalue weighted by atomic mass is 15.2. The maximum absolute atomic E-state index is 2.46. The van der Waals surface area contributed by atoms with Gasteiger partial charge in [0.2, 0.25) is 0 Å². The molecule has 0 N–H and O–H groups in total. The van der Waals surface area contributed by atoms with Crippen LogP contribution in [-0.4, -0.2) is 4.57 Å². The van der Waals surface area contributed by atoms with Crippen LogP contribution in [0.5, 0.6) is 0 Å². The third kappa shape index (κ3) is 7.12. The van der Waals surface area contributed by atoms with Crippen molar-refractivity contribution < 1.29 is 0 Å². The second kappa shape index (κ2) is 16.7. The summed E-state index contributed by atoms with van der Waals surface area (Å²) in [5.74, 6) is 2.45. The van der Waals surface area contributed by atoms with Gasteiger partial charge in [-0.25, -0.2) is 0 Å². The van der Waals surface area contributed by atoms with Crippen molar-refractivity contribution in [1.82, 2.24) is 4.57 Å². The van der Waals surface area contributed by atoms with Crippen molar-refractivity contribution in [3.8, 4) is 5.69 Å². The third-order valence-corrected chi connectivity index (χ3v) is 14.0. The Morgan fingerprint density at radius 3 is 1.35 bits per heavy atom. The molecule has 0 spiro atoms. The number of benzene rings is 9. The van der Waals surface area contributed by atoms with Gasteiger partial charge in [-0.1, -0.05) is 134 Å². The fraction of sp³-hybridized carbons (Fsp3) is 0.115. The second-order valence-corrected chi connectivity index (χ2v) is 17.8. The van der Waals surface area contributed by atoms with Gasteiger partial charge >= 0.3 is 0 Å². The summed E-state index contributed by atoms with van der Waals surface area (Å²) >= 11 is 0. The van der Waals surface area contributed by atoms with Crippen LogP contribution in [0.2, 0.25) is 0 Å². The minimum atomic E-state index is 0.689. The van der Waals surface area contributed by atoms with Gasteiger partial charge in [-0.2, -0.15) is 0 Å². The summed E-state index contributed by atoms with van der Waals surface area (Å²) in [6, 6.07) is 86.1. The zero-order valence-corrected chi connectivity index (χ0v) is 36.4. The lowest BCUT2D eigenvalue weighted by Crippen LogP contribution is -2.15. The lowest BCUT2D eigenvalue weighted by molar-refractivity contribution is 0.420. The van der Waals surface area contributed by atoms with Crippen molar-refractivity contribution in [2.75, 3.05) is 14.7 Å². The van der Waals surface area contributed by atoms with E-state index in [-0.39, 0.29) is 0 Å². The van der Waals surface area contributed by atoms with Crippen molar-refractivity contribution >= 4 is 73.0 Å². The number of hydrogen-bond donors (Lipinski definition) is 0. The molecule has 9 aromatic carbocycles. The van der Waals surface area contributed by atoms with Crippen LogP contribution >= 0.6 is 0 Å². The Bertz CT molecular complexity index is 3200. The molecule has 4 nitrogen and oxygen atoms in total. The molecule has 2 aliphatic carbocycles. The van der Waals surface area contributed by atoms with E-state index in [4.69, 9.17) is 0 Å². The van der Waals surface area contributed by atoms with Crippen LogP contribution in [0.25, 0.3) is 27.5 Å². The van der Waals surface area contributed by atoms with E-state index in [9.17, 15) is 0 Å². The zero-order valence-electron chi connectivity index (χ0n) is 36.4. The maximum Gasteiger partial charge on any atom is 0.0782 e. The average molecular weight is 839 g/mol. The molecule has 0 aliphatic heterocycles. The Kier molecular flexibility index (Phi) is 9.98. The fourth-order valence-electron chi connectivity index (χ4n) is 11.1. The van der Waals surface area contributed by atoms with Gasteiger partial charge in [-0.05, 0) is 152 Å². The molecule has 65 heavy (non-hydrogen) atoms. The molecule has 2 bridgehead atoms. The predicted octanol–water partition coefficient (Wildman–Crippen LogP) is 17.1. The van der Waals surface area contributed by atoms with Crippen LogP contribution < -0.4 is 14.7 Å².